The first-order valence-electron chi connectivity index (χ1n) is 6.80. The fourth-order valence-corrected chi connectivity index (χ4v) is 3.54. The van der Waals surface area contributed by atoms with Crippen molar-refractivity contribution in [2.75, 3.05) is 20.3 Å². The van der Waals surface area contributed by atoms with Crippen molar-refractivity contribution in [3.05, 3.63) is 0 Å². The molecule has 19 heavy (non-hydrogen) atoms. The van der Waals surface area contributed by atoms with Gasteiger partial charge in [0.2, 0.25) is 11.8 Å². The summed E-state index contributed by atoms with van der Waals surface area (Å²) in [4.78, 5) is 26.1. The second-order valence-corrected chi connectivity index (χ2v) is 7.33. The van der Waals surface area contributed by atoms with E-state index >= 15 is 0 Å². The van der Waals surface area contributed by atoms with Crippen LogP contribution in [0.4, 0.5) is 0 Å². The molecule has 1 aliphatic heterocycles. The lowest BCUT2D eigenvalue weighted by Gasteiger charge is -2.41. The van der Waals surface area contributed by atoms with Gasteiger partial charge in [-0.05, 0) is 52.2 Å². The van der Waals surface area contributed by atoms with Crippen LogP contribution in [-0.2, 0) is 9.59 Å². The van der Waals surface area contributed by atoms with Crippen molar-refractivity contribution in [2.45, 2.75) is 38.3 Å². The molecule has 2 aliphatic rings. The fourth-order valence-electron chi connectivity index (χ4n) is 2.89. The first-order chi connectivity index (χ1) is 8.78. The van der Waals surface area contributed by atoms with E-state index in [1.165, 1.54) is 0 Å². The van der Waals surface area contributed by atoms with Crippen molar-refractivity contribution >= 4 is 20.5 Å². The van der Waals surface area contributed by atoms with Gasteiger partial charge in [-0.2, -0.15) is 0 Å². The number of nitrogens with two attached hydrogens (primary N) is 1. The topological polar surface area (TPSA) is 66.6 Å². The van der Waals surface area contributed by atoms with Crippen LogP contribution >= 0.6 is 8.73 Å². The Hall–Kier alpha value is -0.670. The molecule has 108 valence electrons. The first-order valence-corrected chi connectivity index (χ1v) is 8.25. The Morgan fingerprint density at radius 1 is 1.32 bits per heavy atom. The van der Waals surface area contributed by atoms with E-state index in [0.717, 1.165) is 12.8 Å². The van der Waals surface area contributed by atoms with Crippen LogP contribution in [0.25, 0.3) is 0 Å². The second kappa shape index (κ2) is 5.02. The average Bonchev–Trinajstić information content (AvgIpc) is 3.13. The van der Waals surface area contributed by atoms with Crippen LogP contribution in [0.3, 0.4) is 0 Å². The molecule has 2 N–H and O–H groups in total. The molecule has 0 bridgehead atoms. The van der Waals surface area contributed by atoms with Crippen LogP contribution in [0.15, 0.2) is 0 Å². The first kappa shape index (κ1) is 14.7. The summed E-state index contributed by atoms with van der Waals surface area (Å²) in [6.07, 6.45) is 1.89. The van der Waals surface area contributed by atoms with E-state index < -0.39 is 11.6 Å². The molecule has 0 aromatic heterocycles. The van der Waals surface area contributed by atoms with Crippen LogP contribution in [0.1, 0.15) is 26.7 Å². The molecule has 0 aromatic rings. The molecule has 1 heterocycles. The number of primary amides is 1. The Kier molecular flexibility index (Phi) is 3.90. The lowest BCUT2D eigenvalue weighted by Crippen LogP contribution is -2.59. The lowest BCUT2D eigenvalue weighted by molar-refractivity contribution is -0.147. The number of amides is 2. The van der Waals surface area contributed by atoms with Crippen LogP contribution < -0.4 is 5.73 Å². The van der Waals surface area contributed by atoms with E-state index in [0.29, 0.717) is 27.1 Å². The molecule has 0 radical (unpaired) electrons. The number of likely N-dealkylation sites (tertiary alicyclic amines) is 1. The van der Waals surface area contributed by atoms with Crippen LogP contribution in [0, 0.1) is 11.8 Å². The van der Waals surface area contributed by atoms with Gasteiger partial charge in [-0.15, -0.1) is 0 Å². The number of nitrogens with zero attached hydrogens (tertiary/aromatic N) is 2. The Morgan fingerprint density at radius 3 is 2.47 bits per heavy atom. The molecular weight excluding hydrogens is 261 g/mol. The van der Waals surface area contributed by atoms with E-state index in [2.05, 4.69) is 0 Å². The van der Waals surface area contributed by atoms with E-state index in [4.69, 9.17) is 5.73 Å². The minimum absolute atomic E-state index is 0.0264. The zero-order chi connectivity index (χ0) is 14.4. The number of fused-ring (bicyclic) bond motifs is 1. The highest BCUT2D eigenvalue weighted by Gasteiger charge is 2.51. The van der Waals surface area contributed by atoms with E-state index in [9.17, 15) is 9.59 Å². The van der Waals surface area contributed by atoms with Crippen molar-refractivity contribution in [1.82, 2.24) is 9.57 Å². The molecule has 2 rings (SSSR count). The highest BCUT2D eigenvalue weighted by atomic mass is 31.1. The zero-order valence-electron chi connectivity index (χ0n) is 12.1. The van der Waals surface area contributed by atoms with Gasteiger partial charge < -0.3 is 10.6 Å². The van der Waals surface area contributed by atoms with Crippen molar-refractivity contribution < 1.29 is 9.59 Å². The van der Waals surface area contributed by atoms with Gasteiger partial charge in [0.25, 0.3) is 0 Å². The number of rotatable bonds is 4. The highest BCUT2D eigenvalue weighted by molar-refractivity contribution is 7.34. The molecule has 0 spiro atoms. The molecule has 6 heteroatoms. The summed E-state index contributed by atoms with van der Waals surface area (Å²) in [6, 6.07) is -0.413. The second-order valence-electron chi connectivity index (χ2n) is 6.21. The fraction of sp³-hybridized carbons (Fsp3) is 0.846. The predicted molar refractivity (Wildman–Crippen MR) is 77.0 cm³/mol. The van der Waals surface area contributed by atoms with Gasteiger partial charge >= 0.3 is 0 Å². The zero-order valence-corrected chi connectivity index (χ0v) is 13.1. The number of carbonyl (C=O) groups excluding carboxylic acids is 2. The molecule has 1 aliphatic carbocycles. The van der Waals surface area contributed by atoms with E-state index in [1.54, 1.807) is 4.90 Å². The van der Waals surface area contributed by atoms with Gasteiger partial charge in [0, 0.05) is 6.54 Å². The third-order valence-corrected chi connectivity index (χ3v) is 5.92. The SMILES string of the molecule is CPN(C)C(C)(C)C(=O)N1CC2CC2CC1C(N)=O. The third kappa shape index (κ3) is 2.63. The molecule has 4 atom stereocenters. The van der Waals surface area contributed by atoms with Gasteiger partial charge in [-0.3, -0.25) is 14.3 Å². The van der Waals surface area contributed by atoms with Gasteiger partial charge in [-0.25, -0.2) is 0 Å². The summed E-state index contributed by atoms with van der Waals surface area (Å²) in [7, 11) is 2.49. The molecule has 5 nitrogen and oxygen atoms in total. The monoisotopic (exact) mass is 285 g/mol. The summed E-state index contributed by atoms with van der Waals surface area (Å²) in [5, 5.41) is 0. The summed E-state index contributed by atoms with van der Waals surface area (Å²) in [5.41, 5.74) is 4.90. The largest absolute Gasteiger partial charge is 0.368 e. The molecule has 1 saturated carbocycles. The Balaban J connectivity index is 2.18. The molecule has 0 aromatic carbocycles. The lowest BCUT2D eigenvalue weighted by atomic mass is 9.96. The van der Waals surface area contributed by atoms with Crippen LogP contribution in [0.5, 0.6) is 0 Å². The number of likely N-dealkylation sites (N-methyl/N-ethyl adjacent to an activating group) is 1. The maximum Gasteiger partial charge on any atom is 0.243 e. The van der Waals surface area contributed by atoms with Gasteiger partial charge in [-0.1, -0.05) is 8.73 Å². The van der Waals surface area contributed by atoms with Gasteiger partial charge in [0.15, 0.2) is 0 Å². The number of hydrogen-bond donors (Lipinski definition) is 1. The van der Waals surface area contributed by atoms with E-state index in [-0.39, 0.29) is 11.8 Å². The molecule has 4 unspecified atom stereocenters. The number of carbonyl (C=O) groups is 2. The molecule has 1 saturated heterocycles. The van der Waals surface area contributed by atoms with Gasteiger partial charge in [0.1, 0.15) is 6.04 Å². The average molecular weight is 285 g/mol. The van der Waals surface area contributed by atoms with Gasteiger partial charge in [0.05, 0.1) is 5.54 Å². The summed E-state index contributed by atoms with van der Waals surface area (Å²) >= 11 is 0. The van der Waals surface area contributed by atoms with E-state index in [1.807, 2.05) is 32.2 Å². The summed E-state index contributed by atoms with van der Waals surface area (Å²) in [5.74, 6) is 0.856. The third-order valence-electron chi connectivity index (χ3n) is 4.69. The van der Waals surface area contributed by atoms with Crippen molar-refractivity contribution in [1.29, 1.82) is 0 Å². The van der Waals surface area contributed by atoms with Crippen LogP contribution in [0.2, 0.25) is 0 Å². The quantitative estimate of drug-likeness (QED) is 0.771. The van der Waals surface area contributed by atoms with Crippen molar-refractivity contribution in [2.24, 2.45) is 17.6 Å². The van der Waals surface area contributed by atoms with Crippen molar-refractivity contribution in [3.8, 4) is 0 Å². The summed E-state index contributed by atoms with van der Waals surface area (Å²) in [6.45, 7) is 6.58. The molecular formula is C13H24N3O2P. The number of hydrogen-bond acceptors (Lipinski definition) is 3. The highest BCUT2D eigenvalue weighted by Crippen LogP contribution is 2.47. The van der Waals surface area contributed by atoms with Crippen molar-refractivity contribution in [3.63, 3.8) is 0 Å². The standard InChI is InChI=1S/C13H24N3O2P/c1-13(2,15(3)19-4)12(18)16-7-9-5-8(9)6-10(16)11(14)17/h8-10,19H,5-7H2,1-4H3,(H2,14,17). The Morgan fingerprint density at radius 2 is 1.95 bits per heavy atom. The Bertz CT molecular complexity index is 399. The normalized spacial score (nSPS) is 30.8. The number of piperidine rings is 1. The summed E-state index contributed by atoms with van der Waals surface area (Å²) < 4.78 is 2.03. The maximum absolute atomic E-state index is 12.8. The minimum atomic E-state index is -0.581. The maximum atomic E-state index is 12.8. The Labute approximate surface area is 116 Å². The molecule has 2 amide bonds. The smallest absolute Gasteiger partial charge is 0.243 e. The van der Waals surface area contributed by atoms with Crippen LogP contribution in [-0.4, -0.2) is 53.2 Å². The predicted octanol–water partition coefficient (Wildman–Crippen LogP) is 0.642. The molecule has 2 fully saturated rings. The minimum Gasteiger partial charge on any atom is -0.368 e.